The molecule has 0 spiro atoms. The van der Waals surface area contributed by atoms with Crippen LogP contribution in [0.4, 0.5) is 0 Å². The number of thiazole rings is 1. The summed E-state index contributed by atoms with van der Waals surface area (Å²) in [6.45, 7) is 13.7. The van der Waals surface area contributed by atoms with Crippen LogP contribution in [0.3, 0.4) is 0 Å². The smallest absolute Gasteiger partial charge is 0.324 e. The molecule has 0 radical (unpaired) electrons. The number of nitrogens with one attached hydrogen (secondary N) is 2. The van der Waals surface area contributed by atoms with Gasteiger partial charge in [-0.2, -0.15) is 0 Å². The maximum atomic E-state index is 14.7. The van der Waals surface area contributed by atoms with E-state index in [9.17, 15) is 19.2 Å². The van der Waals surface area contributed by atoms with Gasteiger partial charge in [0.05, 0.1) is 34.8 Å². The summed E-state index contributed by atoms with van der Waals surface area (Å²) in [5.74, 6) is -2.05. The van der Waals surface area contributed by atoms with Crippen molar-refractivity contribution >= 4 is 45.9 Å². The molecule has 2 aromatic carbocycles. The van der Waals surface area contributed by atoms with Crippen LogP contribution in [0.1, 0.15) is 94.7 Å². The summed E-state index contributed by atoms with van der Waals surface area (Å²) in [6, 6.07) is 17.5. The van der Waals surface area contributed by atoms with E-state index >= 15 is 0 Å². The zero-order valence-electron chi connectivity index (χ0n) is 39.3. The number of nitrogens with zero attached hydrogens (tertiary/aromatic N) is 5. The minimum absolute atomic E-state index is 0.0896. The van der Waals surface area contributed by atoms with Crippen molar-refractivity contribution in [2.75, 3.05) is 33.9 Å². The number of fused-ring (bicyclic) bond motifs is 6. The molecular formula is C51H63N7O7S. The normalized spacial score (nSPS) is 22.2. The van der Waals surface area contributed by atoms with Crippen LogP contribution < -0.4 is 10.7 Å². The fraction of sp³-hybridized carbons (Fsp3) is 0.490. The monoisotopic (exact) mass is 917 g/mol. The van der Waals surface area contributed by atoms with E-state index in [0.717, 1.165) is 50.2 Å². The summed E-state index contributed by atoms with van der Waals surface area (Å²) in [7, 11) is 3.32. The third kappa shape index (κ3) is 9.53. The first-order valence-electron chi connectivity index (χ1n) is 23.2. The number of methoxy groups -OCH3 is 1. The van der Waals surface area contributed by atoms with Gasteiger partial charge in [-0.05, 0) is 80.8 Å². The van der Waals surface area contributed by atoms with Gasteiger partial charge in [0.25, 0.3) is 11.8 Å². The number of ether oxygens (including phenoxy) is 3. The summed E-state index contributed by atoms with van der Waals surface area (Å²) >= 11 is 1.42. The van der Waals surface area contributed by atoms with Crippen molar-refractivity contribution in [2.24, 2.45) is 11.3 Å². The Kier molecular flexibility index (Phi) is 14.1. The Bertz CT molecular complexity index is 2570. The third-order valence-corrected chi connectivity index (χ3v) is 14.3. The van der Waals surface area contributed by atoms with Crippen molar-refractivity contribution in [3.05, 3.63) is 94.1 Å². The van der Waals surface area contributed by atoms with Gasteiger partial charge in [-0.3, -0.25) is 29.2 Å². The van der Waals surface area contributed by atoms with Gasteiger partial charge in [0.2, 0.25) is 5.91 Å². The van der Waals surface area contributed by atoms with E-state index in [-0.39, 0.29) is 36.9 Å². The molecule has 0 saturated carbocycles. The van der Waals surface area contributed by atoms with Crippen molar-refractivity contribution < 1.29 is 33.4 Å². The molecular weight excluding hydrogens is 855 g/mol. The number of rotatable bonds is 10. The Morgan fingerprint density at radius 1 is 1.08 bits per heavy atom. The van der Waals surface area contributed by atoms with Crippen molar-refractivity contribution in [3.63, 3.8) is 0 Å². The fourth-order valence-electron chi connectivity index (χ4n) is 9.96. The number of hydrogen-bond acceptors (Lipinski definition) is 11. The molecule has 66 heavy (non-hydrogen) atoms. The number of amides is 3. The van der Waals surface area contributed by atoms with Crippen LogP contribution in [-0.4, -0.2) is 106 Å². The Balaban J connectivity index is 1.16. The highest BCUT2D eigenvalue weighted by atomic mass is 32.1. The average Bonchev–Trinajstić information content (AvgIpc) is 4.08. The summed E-state index contributed by atoms with van der Waals surface area (Å²) in [5.41, 5.74) is 10.4. The Hall–Kier alpha value is -5.48. The van der Waals surface area contributed by atoms with Gasteiger partial charge < -0.3 is 29.0 Å². The van der Waals surface area contributed by atoms with E-state index in [0.29, 0.717) is 50.4 Å². The number of esters is 1. The van der Waals surface area contributed by atoms with Crippen LogP contribution in [-0.2, 0) is 52.8 Å². The van der Waals surface area contributed by atoms with E-state index in [4.69, 9.17) is 24.2 Å². The molecule has 3 aromatic heterocycles. The van der Waals surface area contributed by atoms with Gasteiger partial charge in [0, 0.05) is 85.2 Å². The molecule has 1 unspecified atom stereocenters. The molecule has 2 saturated heterocycles. The number of carbonyl (C=O) groups is 4. The molecule has 3 amide bonds. The average molecular weight is 918 g/mol. The highest BCUT2D eigenvalue weighted by molar-refractivity contribution is 7.10. The van der Waals surface area contributed by atoms with Crippen molar-refractivity contribution in [1.82, 2.24) is 35.2 Å². The SMILES string of the molecule is CCn1c(-c2cccnc2[C@H](C)OC)c2c3cc(ccc31)-c1csc(n1)C[C@H](NC(=O)C(C(C)C)N(C)C(=O)[C@H]1OCC[C@H]1c1ccccc1)C(=O)N1CCC[C@H](N1)C(=O)OCC(C)(C)C2. The van der Waals surface area contributed by atoms with Gasteiger partial charge in [-0.15, -0.1) is 11.3 Å². The highest BCUT2D eigenvalue weighted by Crippen LogP contribution is 2.42. The van der Waals surface area contributed by atoms with E-state index < -0.39 is 47.4 Å². The van der Waals surface area contributed by atoms with E-state index in [1.54, 1.807) is 20.4 Å². The number of aromatic nitrogens is 3. The van der Waals surface area contributed by atoms with Gasteiger partial charge >= 0.3 is 5.97 Å². The van der Waals surface area contributed by atoms with E-state index in [1.807, 2.05) is 62.5 Å². The number of likely N-dealkylation sites (N-methyl/N-ethyl adjacent to an activating group) is 1. The lowest BCUT2D eigenvalue weighted by Crippen LogP contribution is -2.62. The molecule has 6 heterocycles. The largest absolute Gasteiger partial charge is 0.464 e. The standard InChI is InChI=1S/C51H63N7O7S/c1-9-57-41-20-19-33-25-36(41)37(45(57)35-17-13-22-52-43(35)31(4)63-8)27-51(5,6)29-65-50(62)38-18-14-23-58(55-38)48(60)39(26-42-53-40(33)28-66-42)54-47(59)44(30(2)3)56(7)49(61)46-34(21-24-64-46)32-15-11-10-12-16-32/h10-13,15-17,19-20,22,25,28,30-31,34,38-39,44,46,55H,9,14,18,21,23-24,26-27,29H2,1-8H3,(H,54,59)/t31-,34-,38-,39-,44?,46-/m0/s1. The van der Waals surface area contributed by atoms with Gasteiger partial charge in [0.15, 0.2) is 0 Å². The molecule has 2 fully saturated rings. The predicted molar refractivity (Wildman–Crippen MR) is 254 cm³/mol. The van der Waals surface area contributed by atoms with E-state index in [2.05, 4.69) is 60.3 Å². The minimum Gasteiger partial charge on any atom is -0.464 e. The number of pyridine rings is 1. The van der Waals surface area contributed by atoms with Crippen molar-refractivity contribution in [3.8, 4) is 22.5 Å². The second-order valence-corrected chi connectivity index (χ2v) is 19.9. The number of hydrazine groups is 1. The maximum absolute atomic E-state index is 14.7. The minimum atomic E-state index is -1.07. The number of aryl methyl sites for hydroxylation is 1. The lowest BCUT2D eigenvalue weighted by molar-refractivity contribution is -0.155. The molecule has 3 aliphatic rings. The predicted octanol–water partition coefficient (Wildman–Crippen LogP) is 7.26. The Morgan fingerprint density at radius 3 is 2.61 bits per heavy atom. The molecule has 0 aliphatic carbocycles. The maximum Gasteiger partial charge on any atom is 0.324 e. The second-order valence-electron chi connectivity index (χ2n) is 19.0. The van der Waals surface area contributed by atoms with Crippen LogP contribution in [0, 0.1) is 11.3 Å². The third-order valence-electron chi connectivity index (χ3n) is 13.4. The molecule has 14 nitrogen and oxygen atoms in total. The first-order chi connectivity index (χ1) is 31.7. The first kappa shape index (κ1) is 47.0. The van der Waals surface area contributed by atoms with Crippen LogP contribution in [0.5, 0.6) is 0 Å². The van der Waals surface area contributed by atoms with Gasteiger partial charge in [-0.1, -0.05) is 64.1 Å². The zero-order chi connectivity index (χ0) is 46.9. The Labute approximate surface area is 391 Å². The topological polar surface area (TPSA) is 157 Å². The lowest BCUT2D eigenvalue weighted by atomic mass is 9.84. The summed E-state index contributed by atoms with van der Waals surface area (Å²) < 4.78 is 20.3. The Morgan fingerprint density at radius 2 is 1.86 bits per heavy atom. The number of carbonyl (C=O) groups excluding carboxylic acids is 4. The molecule has 15 heteroatoms. The molecule has 5 aromatic rings. The van der Waals surface area contributed by atoms with Crippen molar-refractivity contribution in [2.45, 2.75) is 116 Å². The first-order valence-corrected chi connectivity index (χ1v) is 24.1. The summed E-state index contributed by atoms with van der Waals surface area (Å²) in [5, 5.41) is 8.19. The highest BCUT2D eigenvalue weighted by Gasteiger charge is 2.42. The zero-order valence-corrected chi connectivity index (χ0v) is 40.2. The fourth-order valence-corrected chi connectivity index (χ4v) is 10.8. The van der Waals surface area contributed by atoms with Gasteiger partial charge in [0.1, 0.15) is 24.2 Å². The van der Waals surface area contributed by atoms with Gasteiger partial charge in [-0.25, -0.2) is 10.4 Å². The quantitative estimate of drug-likeness (QED) is 0.137. The number of cyclic esters (lactones) is 1. The number of benzene rings is 2. The van der Waals surface area contributed by atoms with Crippen LogP contribution >= 0.6 is 11.3 Å². The van der Waals surface area contributed by atoms with Crippen LogP contribution in [0.2, 0.25) is 0 Å². The molecule has 2 N–H and O–H groups in total. The molecule has 6 bridgehead atoms. The van der Waals surface area contributed by atoms with E-state index in [1.165, 1.54) is 21.2 Å². The van der Waals surface area contributed by atoms with Crippen molar-refractivity contribution in [1.29, 1.82) is 0 Å². The second kappa shape index (κ2) is 19.8. The lowest BCUT2D eigenvalue weighted by Gasteiger charge is -2.37. The number of hydrogen-bond donors (Lipinski definition) is 2. The molecule has 3 aliphatic heterocycles. The summed E-state index contributed by atoms with van der Waals surface area (Å²) in [4.78, 5) is 68.8. The summed E-state index contributed by atoms with van der Waals surface area (Å²) in [6.07, 6.45) is 3.19. The molecule has 6 atom stereocenters. The van der Waals surface area contributed by atoms with Crippen LogP contribution in [0.15, 0.2) is 72.2 Å². The van der Waals surface area contributed by atoms with Crippen LogP contribution in [0.25, 0.3) is 33.4 Å². The molecule has 350 valence electrons. The molecule has 8 rings (SSSR count).